The van der Waals surface area contributed by atoms with Crippen molar-refractivity contribution in [3.8, 4) is 10.6 Å². The smallest absolute Gasteiger partial charge is 0.228 e. The van der Waals surface area contributed by atoms with Crippen LogP contribution in [0.25, 0.3) is 10.6 Å². The maximum Gasteiger partial charge on any atom is 0.228 e. The minimum absolute atomic E-state index is 0.0312. The summed E-state index contributed by atoms with van der Waals surface area (Å²) in [4.78, 5) is 21.7. The number of halogens is 2. The molecule has 1 atom stereocenters. The Bertz CT molecular complexity index is 680. The van der Waals surface area contributed by atoms with E-state index in [1.54, 1.807) is 18.8 Å². The van der Waals surface area contributed by atoms with Crippen LogP contribution < -0.4 is 4.90 Å². The summed E-state index contributed by atoms with van der Waals surface area (Å²) in [5.41, 5.74) is 0.538. The van der Waals surface area contributed by atoms with Crippen LogP contribution in [0, 0.1) is 5.82 Å². The summed E-state index contributed by atoms with van der Waals surface area (Å²) < 4.78 is 13.2. The first-order valence-corrected chi connectivity index (χ1v) is 8.97. The highest BCUT2D eigenvalue weighted by molar-refractivity contribution is 7.99. The molecular formula is C14H15ClFN3OS2. The summed E-state index contributed by atoms with van der Waals surface area (Å²) >= 11 is 9.00. The lowest BCUT2D eigenvalue weighted by Crippen LogP contribution is -2.27. The highest BCUT2D eigenvalue weighted by atomic mass is 35.5. The van der Waals surface area contributed by atoms with Crippen molar-refractivity contribution < 1.29 is 9.18 Å². The van der Waals surface area contributed by atoms with Gasteiger partial charge in [0.1, 0.15) is 15.8 Å². The molecule has 4 nitrogen and oxygen atoms in total. The number of amides is 1. The molecule has 2 aromatic rings. The number of aromatic nitrogens is 2. The minimum atomic E-state index is -0.441. The molecule has 1 amide bonds. The van der Waals surface area contributed by atoms with Crippen LogP contribution in [-0.2, 0) is 4.79 Å². The number of hydrogen-bond donors (Lipinski definition) is 0. The summed E-state index contributed by atoms with van der Waals surface area (Å²) in [7, 11) is 1.67. The zero-order valence-electron chi connectivity index (χ0n) is 12.3. The van der Waals surface area contributed by atoms with Crippen molar-refractivity contribution in [2.24, 2.45) is 0 Å². The van der Waals surface area contributed by atoms with Gasteiger partial charge in [-0.1, -0.05) is 29.9 Å². The van der Waals surface area contributed by atoms with Crippen molar-refractivity contribution in [3.05, 3.63) is 29.4 Å². The number of carbonyl (C=O) groups excluding carboxylic acids is 1. The van der Waals surface area contributed by atoms with Gasteiger partial charge in [0.05, 0.1) is 6.20 Å². The van der Waals surface area contributed by atoms with Gasteiger partial charge in [0, 0.05) is 30.5 Å². The Balaban J connectivity index is 2.24. The Kier molecular flexibility index (Phi) is 5.77. The predicted octanol–water partition coefficient (Wildman–Crippen LogP) is 4.10. The largest absolute Gasteiger partial charge is 0.304 e. The Labute approximate surface area is 141 Å². The van der Waals surface area contributed by atoms with Crippen LogP contribution in [0.2, 0.25) is 5.15 Å². The topological polar surface area (TPSA) is 46.1 Å². The maximum atomic E-state index is 13.2. The molecule has 0 bridgehead atoms. The highest BCUT2D eigenvalue weighted by Crippen LogP contribution is 2.37. The summed E-state index contributed by atoms with van der Waals surface area (Å²) in [5.74, 6) is -0.472. The van der Waals surface area contributed by atoms with Gasteiger partial charge in [-0.2, -0.15) is 11.8 Å². The molecule has 118 valence electrons. The van der Waals surface area contributed by atoms with Crippen LogP contribution in [0.4, 0.5) is 9.39 Å². The third kappa shape index (κ3) is 3.97. The lowest BCUT2D eigenvalue weighted by Gasteiger charge is -2.17. The molecule has 2 heterocycles. The van der Waals surface area contributed by atoms with Crippen molar-refractivity contribution in [1.82, 2.24) is 9.97 Å². The van der Waals surface area contributed by atoms with Crippen LogP contribution in [0.1, 0.15) is 13.3 Å². The predicted molar refractivity (Wildman–Crippen MR) is 91.3 cm³/mol. The van der Waals surface area contributed by atoms with Crippen molar-refractivity contribution in [2.45, 2.75) is 18.6 Å². The molecule has 0 saturated heterocycles. The van der Waals surface area contributed by atoms with Crippen LogP contribution >= 0.6 is 34.7 Å². The molecule has 0 aliphatic rings. The maximum absolute atomic E-state index is 13.2. The Morgan fingerprint density at radius 1 is 1.55 bits per heavy atom. The summed E-state index contributed by atoms with van der Waals surface area (Å²) in [6.45, 7) is 1.99. The second-order valence-electron chi connectivity index (χ2n) is 4.71. The molecule has 0 aliphatic heterocycles. The monoisotopic (exact) mass is 359 g/mol. The molecule has 0 aromatic carbocycles. The van der Waals surface area contributed by atoms with E-state index in [0.29, 0.717) is 22.0 Å². The van der Waals surface area contributed by atoms with E-state index in [9.17, 15) is 9.18 Å². The molecule has 0 aliphatic carbocycles. The van der Waals surface area contributed by atoms with E-state index >= 15 is 0 Å². The fourth-order valence-corrected chi connectivity index (χ4v) is 3.34. The number of rotatable bonds is 5. The summed E-state index contributed by atoms with van der Waals surface area (Å²) in [6, 6.07) is 1.34. The number of thiazole rings is 1. The van der Waals surface area contributed by atoms with E-state index in [-0.39, 0.29) is 16.3 Å². The molecule has 0 radical (unpaired) electrons. The Hall–Kier alpha value is -1.18. The molecule has 1 unspecified atom stereocenters. The van der Waals surface area contributed by atoms with E-state index < -0.39 is 5.82 Å². The van der Waals surface area contributed by atoms with Crippen molar-refractivity contribution in [2.75, 3.05) is 18.2 Å². The molecule has 22 heavy (non-hydrogen) atoms. The van der Waals surface area contributed by atoms with E-state index in [0.717, 1.165) is 6.20 Å². The number of thioether (sulfide) groups is 1. The first-order chi connectivity index (χ1) is 10.4. The van der Waals surface area contributed by atoms with E-state index in [1.807, 2.05) is 13.2 Å². The van der Waals surface area contributed by atoms with Crippen molar-refractivity contribution in [3.63, 3.8) is 0 Å². The summed E-state index contributed by atoms with van der Waals surface area (Å²) in [6.07, 6.45) is 5.02. The molecule has 2 rings (SSSR count). The SMILES string of the molecule is CSC(C)CC(=O)N(C)c1sc(-c2cncc(F)c2)nc1Cl. The number of carbonyl (C=O) groups is 1. The Morgan fingerprint density at radius 3 is 2.91 bits per heavy atom. The third-order valence-electron chi connectivity index (χ3n) is 3.06. The Morgan fingerprint density at radius 2 is 2.27 bits per heavy atom. The highest BCUT2D eigenvalue weighted by Gasteiger charge is 2.21. The molecule has 8 heteroatoms. The summed E-state index contributed by atoms with van der Waals surface area (Å²) in [5, 5.41) is 1.55. The molecule has 0 saturated carbocycles. The van der Waals surface area contributed by atoms with Gasteiger partial charge in [0.25, 0.3) is 0 Å². The van der Waals surface area contributed by atoms with Crippen LogP contribution in [0.15, 0.2) is 18.5 Å². The quantitative estimate of drug-likeness (QED) is 0.806. The van der Waals surface area contributed by atoms with E-state index in [1.165, 1.54) is 28.5 Å². The molecule has 2 aromatic heterocycles. The zero-order chi connectivity index (χ0) is 16.3. The number of hydrogen-bond acceptors (Lipinski definition) is 5. The van der Waals surface area contributed by atoms with Gasteiger partial charge in [-0.05, 0) is 12.3 Å². The lowest BCUT2D eigenvalue weighted by molar-refractivity contribution is -0.118. The minimum Gasteiger partial charge on any atom is -0.304 e. The average Bonchev–Trinajstić information content (AvgIpc) is 2.88. The fraction of sp³-hybridized carbons (Fsp3) is 0.357. The number of pyridine rings is 1. The second-order valence-corrected chi connectivity index (χ2v) is 7.32. The normalized spacial score (nSPS) is 12.2. The average molecular weight is 360 g/mol. The lowest BCUT2D eigenvalue weighted by atomic mass is 10.3. The zero-order valence-corrected chi connectivity index (χ0v) is 14.7. The van der Waals surface area contributed by atoms with Crippen LogP contribution in [0.3, 0.4) is 0 Å². The van der Waals surface area contributed by atoms with Gasteiger partial charge < -0.3 is 4.90 Å². The van der Waals surface area contributed by atoms with Gasteiger partial charge in [-0.15, -0.1) is 0 Å². The van der Waals surface area contributed by atoms with Crippen molar-refractivity contribution >= 4 is 45.6 Å². The number of anilines is 1. The van der Waals surface area contributed by atoms with E-state index in [2.05, 4.69) is 9.97 Å². The van der Waals surface area contributed by atoms with Gasteiger partial charge in [0.15, 0.2) is 5.15 Å². The van der Waals surface area contributed by atoms with Crippen molar-refractivity contribution in [1.29, 1.82) is 0 Å². The van der Waals surface area contributed by atoms with Crippen LogP contribution in [0.5, 0.6) is 0 Å². The van der Waals surface area contributed by atoms with E-state index in [4.69, 9.17) is 11.6 Å². The fourth-order valence-electron chi connectivity index (χ4n) is 1.73. The molecule has 0 fully saturated rings. The standard InChI is InChI=1S/C14H15ClFN3OS2/c1-8(21-3)4-11(20)19(2)14-12(15)18-13(22-14)9-5-10(16)7-17-6-9/h5-8H,4H2,1-3H3. The first-order valence-electron chi connectivity index (χ1n) is 6.49. The molecular weight excluding hydrogens is 345 g/mol. The molecule has 0 spiro atoms. The van der Waals surface area contributed by atoms with Gasteiger partial charge in [-0.25, -0.2) is 9.37 Å². The van der Waals surface area contributed by atoms with Gasteiger partial charge >= 0.3 is 0 Å². The third-order valence-corrected chi connectivity index (χ3v) is 5.59. The van der Waals surface area contributed by atoms with Gasteiger partial charge in [0.2, 0.25) is 5.91 Å². The van der Waals surface area contributed by atoms with Crippen LogP contribution in [-0.4, -0.2) is 34.4 Å². The molecule has 0 N–H and O–H groups in total. The number of nitrogens with zero attached hydrogens (tertiary/aromatic N) is 3. The van der Waals surface area contributed by atoms with Gasteiger partial charge in [-0.3, -0.25) is 9.78 Å². The second kappa shape index (κ2) is 7.39. The first kappa shape index (κ1) is 17.2.